The molecule has 14 heavy (non-hydrogen) atoms. The van der Waals surface area contributed by atoms with Crippen LogP contribution in [0.2, 0.25) is 0 Å². The van der Waals surface area contributed by atoms with Gasteiger partial charge in [0, 0.05) is 19.2 Å². The van der Waals surface area contributed by atoms with Gasteiger partial charge in [-0.2, -0.15) is 0 Å². The van der Waals surface area contributed by atoms with E-state index in [-0.39, 0.29) is 12.5 Å². The summed E-state index contributed by atoms with van der Waals surface area (Å²) in [4.78, 5) is 23.3. The first-order chi connectivity index (χ1) is 6.74. The van der Waals surface area contributed by atoms with Gasteiger partial charge in [-0.25, -0.2) is 4.79 Å². The lowest BCUT2D eigenvalue weighted by molar-refractivity contribution is -0.125. The summed E-state index contributed by atoms with van der Waals surface area (Å²) < 4.78 is 9.07. The molecule has 0 atom stereocenters. The number of likely N-dealkylation sites (tertiary alicyclic amines) is 1. The fourth-order valence-electron chi connectivity index (χ4n) is 1.14. The Kier molecular flexibility index (Phi) is 3.97. The van der Waals surface area contributed by atoms with E-state index >= 15 is 0 Å². The van der Waals surface area contributed by atoms with Gasteiger partial charge in [-0.3, -0.25) is 4.79 Å². The molecule has 1 rings (SSSR count). The number of carbonyl (C=O) groups excluding carboxylic acids is 2. The minimum absolute atomic E-state index is 0.0497. The first-order valence-corrected chi connectivity index (χ1v) is 4.53. The Labute approximate surface area is 82.3 Å². The topological polar surface area (TPSA) is 55.8 Å². The van der Waals surface area contributed by atoms with E-state index in [1.165, 1.54) is 17.4 Å². The number of amides is 1. The van der Waals surface area contributed by atoms with Crippen LogP contribution in [0, 0.1) is 0 Å². The standard InChI is InChI=1S/C9H13NO4/c1-2-13-9(12)14-7-6-10-5-3-4-8(10)11/h6-7H,2-5H2,1H3. The summed E-state index contributed by atoms with van der Waals surface area (Å²) in [7, 11) is 0. The molecule has 78 valence electrons. The molecule has 0 aromatic heterocycles. The lowest BCUT2D eigenvalue weighted by atomic mass is 10.4. The zero-order chi connectivity index (χ0) is 10.4. The van der Waals surface area contributed by atoms with Crippen molar-refractivity contribution < 1.29 is 19.1 Å². The SMILES string of the molecule is CCOC(=O)OC=CN1CCCC1=O. The molecule has 0 aromatic rings. The molecule has 1 fully saturated rings. The van der Waals surface area contributed by atoms with Crippen molar-refractivity contribution in [3.8, 4) is 0 Å². The van der Waals surface area contributed by atoms with Gasteiger partial charge in [-0.15, -0.1) is 0 Å². The van der Waals surface area contributed by atoms with Crippen LogP contribution in [0.5, 0.6) is 0 Å². The predicted molar refractivity (Wildman–Crippen MR) is 48.2 cm³/mol. The first kappa shape index (κ1) is 10.6. The average Bonchev–Trinajstić information content (AvgIpc) is 2.52. The summed E-state index contributed by atoms with van der Waals surface area (Å²) in [6.45, 7) is 2.64. The van der Waals surface area contributed by atoms with Crippen LogP contribution in [-0.2, 0) is 14.3 Å². The van der Waals surface area contributed by atoms with Crippen LogP contribution in [-0.4, -0.2) is 30.1 Å². The van der Waals surface area contributed by atoms with Crippen molar-refractivity contribution in [1.29, 1.82) is 0 Å². The second-order valence-corrected chi connectivity index (χ2v) is 2.78. The van der Waals surface area contributed by atoms with Gasteiger partial charge in [-0.1, -0.05) is 0 Å². The quantitative estimate of drug-likeness (QED) is 0.507. The van der Waals surface area contributed by atoms with Crippen LogP contribution in [0.1, 0.15) is 19.8 Å². The van der Waals surface area contributed by atoms with Crippen molar-refractivity contribution in [2.24, 2.45) is 0 Å². The summed E-state index contributed by atoms with van der Waals surface area (Å²) in [6, 6.07) is 0. The molecule has 0 N–H and O–H groups in total. The molecule has 1 amide bonds. The van der Waals surface area contributed by atoms with Crippen molar-refractivity contribution >= 4 is 12.1 Å². The molecule has 0 radical (unpaired) electrons. The second kappa shape index (κ2) is 5.26. The molecule has 1 aliphatic heterocycles. The van der Waals surface area contributed by atoms with Crippen molar-refractivity contribution in [2.45, 2.75) is 19.8 Å². The lowest BCUT2D eigenvalue weighted by Crippen LogP contribution is -2.17. The maximum absolute atomic E-state index is 11.1. The van der Waals surface area contributed by atoms with Crippen LogP contribution in [0.15, 0.2) is 12.5 Å². The number of ether oxygens (including phenoxy) is 2. The monoisotopic (exact) mass is 199 g/mol. The Morgan fingerprint density at radius 2 is 2.43 bits per heavy atom. The van der Waals surface area contributed by atoms with E-state index in [1.54, 1.807) is 6.92 Å². The molecule has 0 bridgehead atoms. The van der Waals surface area contributed by atoms with Crippen LogP contribution in [0.3, 0.4) is 0 Å². The second-order valence-electron chi connectivity index (χ2n) is 2.78. The third kappa shape index (κ3) is 3.08. The van der Waals surface area contributed by atoms with E-state index in [4.69, 9.17) is 0 Å². The average molecular weight is 199 g/mol. The highest BCUT2D eigenvalue weighted by atomic mass is 16.7. The van der Waals surface area contributed by atoms with Gasteiger partial charge >= 0.3 is 6.16 Å². The molecule has 1 aliphatic rings. The minimum atomic E-state index is -0.754. The van der Waals surface area contributed by atoms with E-state index in [0.717, 1.165) is 6.42 Å². The number of hydrogen-bond acceptors (Lipinski definition) is 4. The molecule has 1 saturated heterocycles. The van der Waals surface area contributed by atoms with Crippen LogP contribution in [0.25, 0.3) is 0 Å². The number of hydrogen-bond donors (Lipinski definition) is 0. The molecule has 0 saturated carbocycles. The summed E-state index contributed by atoms with van der Waals surface area (Å²) in [6.07, 6.45) is 3.27. The molecular weight excluding hydrogens is 186 g/mol. The fourth-order valence-corrected chi connectivity index (χ4v) is 1.14. The van der Waals surface area contributed by atoms with Gasteiger partial charge in [0.15, 0.2) is 0 Å². The Balaban J connectivity index is 2.26. The van der Waals surface area contributed by atoms with Gasteiger partial charge in [0.1, 0.15) is 6.26 Å². The summed E-state index contributed by atoms with van der Waals surface area (Å²) >= 11 is 0. The van der Waals surface area contributed by atoms with Crippen molar-refractivity contribution in [2.75, 3.05) is 13.2 Å². The van der Waals surface area contributed by atoms with Crippen LogP contribution >= 0.6 is 0 Å². The third-order valence-corrected chi connectivity index (χ3v) is 1.78. The minimum Gasteiger partial charge on any atom is -0.434 e. The van der Waals surface area contributed by atoms with Gasteiger partial charge < -0.3 is 14.4 Å². The molecule has 0 aromatic carbocycles. The molecule has 0 spiro atoms. The molecule has 5 heteroatoms. The Morgan fingerprint density at radius 3 is 3.00 bits per heavy atom. The highest BCUT2D eigenvalue weighted by molar-refractivity contribution is 5.79. The van der Waals surface area contributed by atoms with Crippen molar-refractivity contribution in [3.63, 3.8) is 0 Å². The van der Waals surface area contributed by atoms with Crippen LogP contribution < -0.4 is 0 Å². The Morgan fingerprint density at radius 1 is 1.64 bits per heavy atom. The normalized spacial score (nSPS) is 16.4. The number of nitrogens with zero attached hydrogens (tertiary/aromatic N) is 1. The summed E-state index contributed by atoms with van der Waals surface area (Å²) in [5.74, 6) is 0.0497. The molecular formula is C9H13NO4. The van der Waals surface area contributed by atoms with Crippen LogP contribution in [0.4, 0.5) is 4.79 Å². The molecule has 0 aliphatic carbocycles. The highest BCUT2D eigenvalue weighted by Gasteiger charge is 2.17. The van der Waals surface area contributed by atoms with E-state index in [2.05, 4.69) is 9.47 Å². The summed E-state index contributed by atoms with van der Waals surface area (Å²) in [5, 5.41) is 0. The maximum atomic E-state index is 11.1. The van der Waals surface area contributed by atoms with E-state index in [0.29, 0.717) is 13.0 Å². The predicted octanol–water partition coefficient (Wildman–Crippen LogP) is 1.25. The van der Waals surface area contributed by atoms with Gasteiger partial charge in [-0.05, 0) is 13.3 Å². The molecule has 1 heterocycles. The summed E-state index contributed by atoms with van der Waals surface area (Å²) in [5.41, 5.74) is 0. The largest absolute Gasteiger partial charge is 0.513 e. The number of carbonyl (C=O) groups is 2. The Bertz CT molecular complexity index is 249. The van der Waals surface area contributed by atoms with Crippen molar-refractivity contribution in [1.82, 2.24) is 4.90 Å². The third-order valence-electron chi connectivity index (χ3n) is 1.78. The van der Waals surface area contributed by atoms with E-state index in [1.807, 2.05) is 0 Å². The molecule has 0 unspecified atom stereocenters. The smallest absolute Gasteiger partial charge is 0.434 e. The zero-order valence-electron chi connectivity index (χ0n) is 8.06. The Hall–Kier alpha value is -1.52. The van der Waals surface area contributed by atoms with E-state index in [9.17, 15) is 9.59 Å². The fraction of sp³-hybridized carbons (Fsp3) is 0.556. The first-order valence-electron chi connectivity index (χ1n) is 4.53. The zero-order valence-corrected chi connectivity index (χ0v) is 8.06. The van der Waals surface area contributed by atoms with Gasteiger partial charge in [0.2, 0.25) is 5.91 Å². The lowest BCUT2D eigenvalue weighted by Gasteiger charge is -2.07. The van der Waals surface area contributed by atoms with Gasteiger partial charge in [0.25, 0.3) is 0 Å². The molecule has 5 nitrogen and oxygen atoms in total. The van der Waals surface area contributed by atoms with Crippen molar-refractivity contribution in [3.05, 3.63) is 12.5 Å². The van der Waals surface area contributed by atoms with E-state index < -0.39 is 6.16 Å². The number of rotatable bonds is 3. The van der Waals surface area contributed by atoms with Gasteiger partial charge in [0.05, 0.1) is 6.61 Å². The maximum Gasteiger partial charge on any atom is 0.513 e. The highest BCUT2D eigenvalue weighted by Crippen LogP contribution is 2.09.